The molecule has 0 bridgehead atoms. The normalized spacial score (nSPS) is 16.8. The van der Waals surface area contributed by atoms with Crippen LogP contribution >= 0.6 is 23.8 Å². The predicted molar refractivity (Wildman–Crippen MR) is 243 cm³/mol. The number of rotatable bonds is 12. The minimum atomic E-state index is -1.53. The molecule has 0 saturated carbocycles. The second kappa shape index (κ2) is 18.6. The first kappa shape index (κ1) is 42.6. The van der Waals surface area contributed by atoms with E-state index >= 15 is 4.79 Å². The first-order valence-corrected chi connectivity index (χ1v) is 21.0. The van der Waals surface area contributed by atoms with Crippen molar-refractivity contribution in [2.24, 2.45) is 0 Å². The summed E-state index contributed by atoms with van der Waals surface area (Å²) in [4.78, 5) is 62.1. The second-order valence-corrected chi connectivity index (χ2v) is 15.5. The smallest absolute Gasteiger partial charge is 0.338 e. The number of esters is 3. The van der Waals surface area contributed by atoms with Crippen molar-refractivity contribution >= 4 is 52.8 Å². The first-order valence-electron chi connectivity index (χ1n) is 20.3. The lowest BCUT2D eigenvalue weighted by molar-refractivity contribution is -0.0617. The van der Waals surface area contributed by atoms with Crippen LogP contribution in [0.5, 0.6) is 5.75 Å². The lowest BCUT2D eigenvalue weighted by atomic mass is 10.0. The Bertz CT molecular complexity index is 3150. The Kier molecular flexibility index (Phi) is 12.2. The molecule has 4 atom stereocenters. The Balaban J connectivity index is 1.31. The summed E-state index contributed by atoms with van der Waals surface area (Å²) in [7, 11) is 1.46. The van der Waals surface area contributed by atoms with Crippen LogP contribution in [0.25, 0.3) is 39.3 Å². The Hall–Kier alpha value is -7.65. The maximum Gasteiger partial charge on any atom is 0.338 e. The molecule has 9 rings (SSSR count). The topological polar surface area (TPSA) is 150 Å². The van der Waals surface area contributed by atoms with E-state index in [9.17, 15) is 14.4 Å². The highest BCUT2D eigenvalue weighted by Gasteiger charge is 2.52. The highest BCUT2D eigenvalue weighted by Crippen LogP contribution is 2.40. The molecule has 1 fully saturated rings. The number of furan rings is 1. The molecule has 0 radical (unpaired) electrons. The maximum atomic E-state index is 15.3. The van der Waals surface area contributed by atoms with Crippen molar-refractivity contribution < 1.29 is 42.5 Å². The number of halogens is 1. The second-order valence-electron chi connectivity index (χ2n) is 14.7. The number of ether oxygens (including phenoxy) is 5. The average Bonchev–Trinajstić information content (AvgIpc) is 4.00. The van der Waals surface area contributed by atoms with Gasteiger partial charge in [-0.1, -0.05) is 90.5 Å². The van der Waals surface area contributed by atoms with Crippen molar-refractivity contribution in [3.8, 4) is 34.0 Å². The van der Waals surface area contributed by atoms with Crippen LogP contribution in [-0.4, -0.2) is 64.1 Å². The van der Waals surface area contributed by atoms with Crippen molar-refractivity contribution in [1.29, 1.82) is 0 Å². The van der Waals surface area contributed by atoms with Gasteiger partial charge in [0.2, 0.25) is 0 Å². The van der Waals surface area contributed by atoms with Gasteiger partial charge in [-0.3, -0.25) is 9.36 Å². The monoisotopic (exact) mass is 905 g/mol. The molecule has 0 aliphatic carbocycles. The van der Waals surface area contributed by atoms with E-state index < -0.39 is 54.6 Å². The molecule has 13 nitrogen and oxygen atoms in total. The molecule has 324 valence electrons. The van der Waals surface area contributed by atoms with Crippen molar-refractivity contribution in [2.45, 2.75) is 24.5 Å². The Labute approximate surface area is 380 Å². The van der Waals surface area contributed by atoms with Gasteiger partial charge in [0.05, 0.1) is 46.8 Å². The lowest BCUT2D eigenvalue weighted by Crippen LogP contribution is -2.42. The molecular weight excluding hydrogens is 870 g/mol. The maximum absolute atomic E-state index is 15.3. The third kappa shape index (κ3) is 8.57. The molecular formula is C50H36ClN3O10S. The van der Waals surface area contributed by atoms with Crippen LogP contribution in [0.4, 0.5) is 0 Å². The van der Waals surface area contributed by atoms with Gasteiger partial charge in [-0.2, -0.15) is 0 Å². The summed E-state index contributed by atoms with van der Waals surface area (Å²) < 4.78 is 39.5. The van der Waals surface area contributed by atoms with Crippen LogP contribution in [0.1, 0.15) is 37.3 Å². The van der Waals surface area contributed by atoms with Gasteiger partial charge in [0.15, 0.2) is 28.9 Å². The number of benzene rings is 5. The minimum Gasteiger partial charge on any atom is -0.495 e. The van der Waals surface area contributed by atoms with Gasteiger partial charge in [0.1, 0.15) is 24.2 Å². The van der Waals surface area contributed by atoms with Crippen LogP contribution in [0.3, 0.4) is 0 Å². The fourth-order valence-electron chi connectivity index (χ4n) is 7.63. The number of carbonyl (C=O) groups excluding carboxylic acids is 3. The number of nitrogens with zero attached hydrogens (tertiary/aromatic N) is 3. The Morgan fingerprint density at radius 3 is 1.91 bits per heavy atom. The van der Waals surface area contributed by atoms with E-state index in [-0.39, 0.29) is 38.2 Å². The molecule has 3 aromatic heterocycles. The zero-order valence-corrected chi connectivity index (χ0v) is 35.9. The van der Waals surface area contributed by atoms with Crippen LogP contribution < -0.4 is 10.3 Å². The van der Waals surface area contributed by atoms with Crippen LogP contribution in [0.15, 0.2) is 173 Å². The van der Waals surface area contributed by atoms with Gasteiger partial charge in [0, 0.05) is 16.1 Å². The molecule has 65 heavy (non-hydrogen) atoms. The van der Waals surface area contributed by atoms with Gasteiger partial charge >= 0.3 is 17.9 Å². The summed E-state index contributed by atoms with van der Waals surface area (Å²) in [6.45, 7) is -0.477. The van der Waals surface area contributed by atoms with E-state index in [4.69, 9.17) is 56.9 Å². The number of fused-ring (bicyclic) bond motifs is 1. The van der Waals surface area contributed by atoms with E-state index in [1.165, 1.54) is 22.5 Å². The van der Waals surface area contributed by atoms with E-state index in [2.05, 4.69) is 0 Å². The SMILES string of the molecule is COc1ccccc1-n1c(=O)c2c(-c3ccco3)cc(-c3ccc(Cl)cc3)nc2n([C@@H]2O[C@H](COC(=O)c3ccccc3)[C@@H](OC(=O)c3ccccc3)[C@H]2OC(=O)c2ccccc2)c1=S. The van der Waals surface area contributed by atoms with Gasteiger partial charge < -0.3 is 28.1 Å². The molecule has 0 amide bonds. The van der Waals surface area contributed by atoms with E-state index in [0.717, 1.165) is 0 Å². The zero-order chi connectivity index (χ0) is 45.0. The van der Waals surface area contributed by atoms with Crippen LogP contribution in [0, 0.1) is 4.77 Å². The number of pyridine rings is 1. The summed E-state index contributed by atoms with van der Waals surface area (Å²) in [6.07, 6.45) is -4.30. The Morgan fingerprint density at radius 2 is 1.31 bits per heavy atom. The number of methoxy groups -OCH3 is 1. The van der Waals surface area contributed by atoms with Gasteiger partial charge in [-0.05, 0) is 91.1 Å². The van der Waals surface area contributed by atoms with Gasteiger partial charge in [-0.15, -0.1) is 0 Å². The van der Waals surface area contributed by atoms with Gasteiger partial charge in [0.25, 0.3) is 5.56 Å². The third-order valence-electron chi connectivity index (χ3n) is 10.7. The van der Waals surface area contributed by atoms with Crippen LogP contribution in [-0.2, 0) is 18.9 Å². The molecule has 1 aliphatic rings. The van der Waals surface area contributed by atoms with Gasteiger partial charge in [-0.25, -0.2) is 23.9 Å². The molecule has 1 aliphatic heterocycles. The number of carbonyl (C=O) groups is 3. The molecule has 15 heteroatoms. The van der Waals surface area contributed by atoms with E-state index in [0.29, 0.717) is 33.4 Å². The summed E-state index contributed by atoms with van der Waals surface area (Å²) in [5.74, 6) is -1.65. The summed E-state index contributed by atoms with van der Waals surface area (Å²) >= 11 is 12.6. The fraction of sp³-hybridized carbons (Fsp3) is 0.120. The molecule has 0 spiro atoms. The largest absolute Gasteiger partial charge is 0.495 e. The highest BCUT2D eigenvalue weighted by atomic mass is 35.5. The third-order valence-corrected chi connectivity index (χ3v) is 11.4. The summed E-state index contributed by atoms with van der Waals surface area (Å²) in [5, 5.41) is 0.520. The molecule has 0 N–H and O–H groups in total. The standard InChI is InChI=1S/C50H36ClN3O10S/c1-59-39-21-12-11-20-37(39)53-45(55)41-35(38-22-13-27-60-38)28-36(30-23-25-34(51)26-24-30)52-44(41)54(50(53)65)46-43(64-49(58)33-18-9-4-10-19-33)42(63-48(57)32-16-7-3-8-17-32)40(62-46)29-61-47(56)31-14-5-2-6-15-31/h2-28,40,42-43,46H,29H2,1H3/t40-,42-,43-,46-/m1/s1. The number of para-hydroxylation sites is 2. The molecule has 0 unspecified atom stereocenters. The first-order chi connectivity index (χ1) is 31.7. The average molecular weight is 906 g/mol. The highest BCUT2D eigenvalue weighted by molar-refractivity contribution is 7.71. The predicted octanol–water partition coefficient (Wildman–Crippen LogP) is 9.71. The lowest BCUT2D eigenvalue weighted by Gasteiger charge is -2.27. The van der Waals surface area contributed by atoms with E-state index in [1.807, 2.05) is 0 Å². The van der Waals surface area contributed by atoms with Crippen molar-refractivity contribution in [1.82, 2.24) is 14.1 Å². The van der Waals surface area contributed by atoms with Crippen LogP contribution in [0.2, 0.25) is 5.02 Å². The van der Waals surface area contributed by atoms with Crippen molar-refractivity contribution in [3.05, 3.63) is 201 Å². The molecule has 1 saturated heterocycles. The summed E-state index contributed by atoms with van der Waals surface area (Å²) in [5.41, 5.74) is 1.62. The van der Waals surface area contributed by atoms with E-state index in [1.54, 1.807) is 158 Å². The van der Waals surface area contributed by atoms with Crippen molar-refractivity contribution in [3.63, 3.8) is 0 Å². The van der Waals surface area contributed by atoms with Crippen molar-refractivity contribution in [2.75, 3.05) is 13.7 Å². The number of hydrogen-bond donors (Lipinski definition) is 0. The Morgan fingerprint density at radius 1 is 0.723 bits per heavy atom. The number of hydrogen-bond acceptors (Lipinski definition) is 12. The summed E-state index contributed by atoms with van der Waals surface area (Å²) in [6, 6.07) is 43.6. The minimum absolute atomic E-state index is 0.00850. The fourth-order valence-corrected chi connectivity index (χ4v) is 8.13. The molecule has 5 aromatic carbocycles. The zero-order valence-electron chi connectivity index (χ0n) is 34.3. The molecule has 4 heterocycles. The quantitative estimate of drug-likeness (QED) is 0.0652. The number of aromatic nitrogens is 3. The molecule has 8 aromatic rings.